The van der Waals surface area contributed by atoms with Gasteiger partial charge in [-0.25, -0.2) is 0 Å². The van der Waals surface area contributed by atoms with Gasteiger partial charge in [-0.3, -0.25) is 10.1 Å². The van der Waals surface area contributed by atoms with E-state index in [4.69, 9.17) is 0 Å². The summed E-state index contributed by atoms with van der Waals surface area (Å²) in [5.41, 5.74) is 4.93. The van der Waals surface area contributed by atoms with Crippen LogP contribution in [-0.4, -0.2) is 21.7 Å². The summed E-state index contributed by atoms with van der Waals surface area (Å²) in [6.07, 6.45) is 4.86. The molecule has 0 amide bonds. The lowest BCUT2D eigenvalue weighted by Crippen LogP contribution is -2.33. The minimum absolute atomic E-state index is 0.289. The number of H-pyrrole nitrogens is 1. The van der Waals surface area contributed by atoms with Crippen molar-refractivity contribution in [2.75, 3.05) is 6.54 Å². The van der Waals surface area contributed by atoms with Gasteiger partial charge in [-0.2, -0.15) is 5.10 Å². The van der Waals surface area contributed by atoms with Crippen LogP contribution in [0.3, 0.4) is 0 Å². The van der Waals surface area contributed by atoms with Gasteiger partial charge in [0.05, 0.1) is 23.4 Å². The molecule has 2 N–H and O–H groups in total. The molecule has 4 heteroatoms. The number of aromatic amines is 1. The molecule has 4 rings (SSSR count). The molecule has 106 valence electrons. The highest BCUT2D eigenvalue weighted by Gasteiger charge is 2.27. The maximum atomic E-state index is 4.46. The van der Waals surface area contributed by atoms with Crippen molar-refractivity contribution in [3.8, 4) is 0 Å². The Morgan fingerprint density at radius 2 is 2.24 bits per heavy atom. The third-order valence-corrected chi connectivity index (χ3v) is 4.48. The SMILES string of the molecule is CC(c1ccc2cccnc2c1)C1NCCc2cn[nH]c21. The summed E-state index contributed by atoms with van der Waals surface area (Å²) < 4.78 is 0. The van der Waals surface area contributed by atoms with Crippen LogP contribution in [0, 0.1) is 0 Å². The summed E-state index contributed by atoms with van der Waals surface area (Å²) in [4.78, 5) is 4.46. The first kappa shape index (κ1) is 12.5. The van der Waals surface area contributed by atoms with Crippen molar-refractivity contribution in [2.45, 2.75) is 25.3 Å². The Hall–Kier alpha value is -2.20. The molecule has 0 aliphatic carbocycles. The van der Waals surface area contributed by atoms with Crippen molar-refractivity contribution in [3.63, 3.8) is 0 Å². The first-order chi connectivity index (χ1) is 10.3. The predicted molar refractivity (Wildman–Crippen MR) is 83.2 cm³/mol. The molecule has 0 saturated carbocycles. The largest absolute Gasteiger partial charge is 0.308 e. The highest BCUT2D eigenvalue weighted by atomic mass is 15.1. The molecule has 4 nitrogen and oxygen atoms in total. The monoisotopic (exact) mass is 278 g/mol. The molecule has 2 aromatic heterocycles. The van der Waals surface area contributed by atoms with E-state index >= 15 is 0 Å². The normalized spacial score (nSPS) is 19.4. The van der Waals surface area contributed by atoms with Crippen LogP contribution >= 0.6 is 0 Å². The molecule has 0 radical (unpaired) electrons. The molecule has 0 spiro atoms. The Balaban J connectivity index is 1.72. The molecule has 1 aliphatic rings. The number of pyridine rings is 1. The van der Waals surface area contributed by atoms with E-state index in [0.717, 1.165) is 18.5 Å². The smallest absolute Gasteiger partial charge is 0.0704 e. The van der Waals surface area contributed by atoms with E-state index in [0.29, 0.717) is 5.92 Å². The number of hydrogen-bond donors (Lipinski definition) is 2. The van der Waals surface area contributed by atoms with E-state index in [1.54, 1.807) is 0 Å². The Labute approximate surface area is 123 Å². The molecule has 1 aliphatic heterocycles. The minimum atomic E-state index is 0.289. The zero-order valence-electron chi connectivity index (χ0n) is 12.0. The maximum absolute atomic E-state index is 4.46. The minimum Gasteiger partial charge on any atom is -0.308 e. The van der Waals surface area contributed by atoms with Crippen LogP contribution in [-0.2, 0) is 6.42 Å². The van der Waals surface area contributed by atoms with Gasteiger partial charge in [0.25, 0.3) is 0 Å². The third-order valence-electron chi connectivity index (χ3n) is 4.48. The van der Waals surface area contributed by atoms with Gasteiger partial charge >= 0.3 is 0 Å². The Morgan fingerprint density at radius 3 is 3.19 bits per heavy atom. The van der Waals surface area contributed by atoms with E-state index in [1.165, 1.54) is 22.2 Å². The molecule has 0 bridgehead atoms. The van der Waals surface area contributed by atoms with Crippen LogP contribution < -0.4 is 5.32 Å². The summed E-state index contributed by atoms with van der Waals surface area (Å²) in [5.74, 6) is 0.371. The van der Waals surface area contributed by atoms with Crippen LogP contribution in [0.2, 0.25) is 0 Å². The van der Waals surface area contributed by atoms with E-state index in [9.17, 15) is 0 Å². The van der Waals surface area contributed by atoms with Crippen molar-refractivity contribution in [1.82, 2.24) is 20.5 Å². The second-order valence-electron chi connectivity index (χ2n) is 5.73. The van der Waals surface area contributed by atoms with E-state index in [1.807, 2.05) is 18.5 Å². The average molecular weight is 278 g/mol. The van der Waals surface area contributed by atoms with E-state index < -0.39 is 0 Å². The van der Waals surface area contributed by atoms with Crippen LogP contribution in [0.4, 0.5) is 0 Å². The number of nitrogens with one attached hydrogen (secondary N) is 2. The first-order valence-corrected chi connectivity index (χ1v) is 7.43. The van der Waals surface area contributed by atoms with Gasteiger partial charge < -0.3 is 5.32 Å². The highest BCUT2D eigenvalue weighted by molar-refractivity contribution is 5.79. The lowest BCUT2D eigenvalue weighted by molar-refractivity contribution is 0.436. The van der Waals surface area contributed by atoms with Crippen molar-refractivity contribution in [2.24, 2.45) is 0 Å². The average Bonchev–Trinajstić information content (AvgIpc) is 3.02. The fraction of sp³-hybridized carbons (Fsp3) is 0.294. The van der Waals surface area contributed by atoms with Crippen molar-refractivity contribution >= 4 is 10.9 Å². The molecule has 1 aromatic carbocycles. The van der Waals surface area contributed by atoms with E-state index in [2.05, 4.69) is 51.7 Å². The Kier molecular flexibility index (Phi) is 2.97. The van der Waals surface area contributed by atoms with Gasteiger partial charge in [0, 0.05) is 17.5 Å². The van der Waals surface area contributed by atoms with Crippen molar-refractivity contribution < 1.29 is 0 Å². The number of hydrogen-bond acceptors (Lipinski definition) is 3. The molecular formula is C17H18N4. The highest BCUT2D eigenvalue weighted by Crippen LogP contribution is 2.34. The van der Waals surface area contributed by atoms with Crippen LogP contribution in [0.15, 0.2) is 42.7 Å². The molecular weight excluding hydrogens is 260 g/mol. The van der Waals surface area contributed by atoms with Gasteiger partial charge in [0.1, 0.15) is 0 Å². The van der Waals surface area contributed by atoms with Gasteiger partial charge in [-0.15, -0.1) is 0 Å². The van der Waals surface area contributed by atoms with Gasteiger partial charge in [-0.05, 0) is 36.2 Å². The summed E-state index contributed by atoms with van der Waals surface area (Å²) >= 11 is 0. The number of benzene rings is 1. The fourth-order valence-electron chi connectivity index (χ4n) is 3.24. The number of aromatic nitrogens is 3. The summed E-state index contributed by atoms with van der Waals surface area (Å²) in [6, 6.07) is 10.9. The Morgan fingerprint density at radius 1 is 1.29 bits per heavy atom. The zero-order chi connectivity index (χ0) is 14.2. The molecule has 21 heavy (non-hydrogen) atoms. The molecule has 0 fully saturated rings. The number of fused-ring (bicyclic) bond motifs is 2. The van der Waals surface area contributed by atoms with Crippen LogP contribution in [0.1, 0.15) is 35.7 Å². The van der Waals surface area contributed by atoms with E-state index in [-0.39, 0.29) is 6.04 Å². The number of nitrogens with zero attached hydrogens (tertiary/aromatic N) is 2. The second-order valence-corrected chi connectivity index (χ2v) is 5.73. The summed E-state index contributed by atoms with van der Waals surface area (Å²) in [6.45, 7) is 3.27. The van der Waals surface area contributed by atoms with Gasteiger partial charge in [0.2, 0.25) is 0 Å². The quantitative estimate of drug-likeness (QED) is 0.758. The fourth-order valence-corrected chi connectivity index (χ4v) is 3.24. The Bertz CT molecular complexity index is 777. The summed E-state index contributed by atoms with van der Waals surface area (Å²) in [7, 11) is 0. The topological polar surface area (TPSA) is 53.6 Å². The molecule has 0 saturated heterocycles. The standard InChI is InChI=1S/C17H18N4/c1-11(16-17-14(6-8-19-16)10-20-21-17)13-5-4-12-3-2-7-18-15(12)9-13/h2-5,7,9-11,16,19H,6,8H2,1H3,(H,20,21). The zero-order valence-corrected chi connectivity index (χ0v) is 12.0. The van der Waals surface area contributed by atoms with Gasteiger partial charge in [-0.1, -0.05) is 25.1 Å². The number of rotatable bonds is 2. The molecule has 2 atom stereocenters. The molecule has 2 unspecified atom stereocenters. The third kappa shape index (κ3) is 2.12. The van der Waals surface area contributed by atoms with Gasteiger partial charge in [0.15, 0.2) is 0 Å². The van der Waals surface area contributed by atoms with Crippen LogP contribution in [0.25, 0.3) is 10.9 Å². The van der Waals surface area contributed by atoms with Crippen molar-refractivity contribution in [1.29, 1.82) is 0 Å². The lowest BCUT2D eigenvalue weighted by atomic mass is 9.87. The first-order valence-electron chi connectivity index (χ1n) is 7.43. The lowest BCUT2D eigenvalue weighted by Gasteiger charge is -2.29. The van der Waals surface area contributed by atoms with Crippen molar-refractivity contribution in [3.05, 3.63) is 59.5 Å². The second kappa shape index (κ2) is 4.97. The molecule has 3 aromatic rings. The van der Waals surface area contributed by atoms with Crippen LogP contribution in [0.5, 0.6) is 0 Å². The predicted octanol–water partition coefficient (Wildman–Crippen LogP) is 2.95. The molecule has 3 heterocycles. The summed E-state index contributed by atoms with van der Waals surface area (Å²) in [5, 5.41) is 12.2. The maximum Gasteiger partial charge on any atom is 0.0704 e.